The maximum Gasteiger partial charge on any atom is 0.266 e. The van der Waals surface area contributed by atoms with Crippen molar-refractivity contribution in [3.63, 3.8) is 0 Å². The molecule has 1 aliphatic carbocycles. The fourth-order valence-corrected chi connectivity index (χ4v) is 3.61. The van der Waals surface area contributed by atoms with Gasteiger partial charge in [0.05, 0.1) is 13.2 Å². The second-order valence-corrected chi connectivity index (χ2v) is 6.52. The van der Waals surface area contributed by atoms with E-state index >= 15 is 0 Å². The Morgan fingerprint density at radius 1 is 1.16 bits per heavy atom. The molecule has 0 spiro atoms. The van der Waals surface area contributed by atoms with Gasteiger partial charge in [-0.15, -0.1) is 0 Å². The molecular weight excluding hydrogens is 324 g/mol. The number of hydrogen-bond acceptors (Lipinski definition) is 5. The number of rotatable bonds is 5. The van der Waals surface area contributed by atoms with Crippen LogP contribution in [-0.2, 0) is 4.79 Å². The molecule has 1 aromatic carbocycles. The van der Waals surface area contributed by atoms with Crippen molar-refractivity contribution < 1.29 is 24.3 Å². The number of hydrogen-bond donors (Lipinski definition) is 2. The molecule has 7 nitrogen and oxygen atoms in total. The highest BCUT2D eigenvalue weighted by atomic mass is 16.5. The first-order chi connectivity index (χ1) is 12.1. The summed E-state index contributed by atoms with van der Waals surface area (Å²) in [6.07, 6.45) is 5.73. The van der Waals surface area contributed by atoms with Crippen LogP contribution in [0.5, 0.6) is 11.5 Å². The molecule has 1 aliphatic heterocycles. The zero-order valence-electron chi connectivity index (χ0n) is 14.4. The summed E-state index contributed by atoms with van der Waals surface area (Å²) in [6.45, 7) is 0.488. The summed E-state index contributed by atoms with van der Waals surface area (Å²) in [4.78, 5) is 26.1. The molecule has 0 bridgehead atoms. The normalized spacial score (nSPS) is 20.6. The summed E-state index contributed by atoms with van der Waals surface area (Å²) in [5.74, 6) is 0.351. The van der Waals surface area contributed by atoms with Gasteiger partial charge >= 0.3 is 0 Å². The Hall–Kier alpha value is -2.28. The van der Waals surface area contributed by atoms with Gasteiger partial charge in [-0.25, -0.2) is 5.48 Å². The Bertz CT molecular complexity index is 642. The molecule has 2 fully saturated rings. The van der Waals surface area contributed by atoms with Crippen LogP contribution < -0.4 is 15.0 Å². The Labute approximate surface area is 146 Å². The fourth-order valence-electron chi connectivity index (χ4n) is 3.61. The van der Waals surface area contributed by atoms with Gasteiger partial charge in [0, 0.05) is 12.1 Å². The van der Waals surface area contributed by atoms with Gasteiger partial charge in [0.1, 0.15) is 6.04 Å². The molecule has 1 heterocycles. The van der Waals surface area contributed by atoms with Crippen LogP contribution in [0.4, 0.5) is 0 Å². The first kappa shape index (κ1) is 17.5. The average molecular weight is 348 g/mol. The molecule has 1 aromatic rings. The van der Waals surface area contributed by atoms with E-state index in [1.165, 1.54) is 4.90 Å². The third kappa shape index (κ3) is 3.71. The van der Waals surface area contributed by atoms with Crippen molar-refractivity contribution in [1.82, 2.24) is 10.4 Å². The van der Waals surface area contributed by atoms with Gasteiger partial charge in [0.15, 0.2) is 11.5 Å². The second kappa shape index (κ2) is 7.74. The largest absolute Gasteiger partial charge is 0.493 e. The topological polar surface area (TPSA) is 88.1 Å². The third-order valence-corrected chi connectivity index (χ3v) is 4.93. The monoisotopic (exact) mass is 348 g/mol. The maximum absolute atomic E-state index is 12.8. The summed E-state index contributed by atoms with van der Waals surface area (Å²) >= 11 is 0. The van der Waals surface area contributed by atoms with Crippen LogP contribution in [0.3, 0.4) is 0 Å². The zero-order valence-corrected chi connectivity index (χ0v) is 14.4. The predicted molar refractivity (Wildman–Crippen MR) is 89.9 cm³/mol. The molecule has 2 amide bonds. The lowest BCUT2D eigenvalue weighted by Gasteiger charge is -2.23. The summed E-state index contributed by atoms with van der Waals surface area (Å²) in [5, 5.41) is 8.86. The van der Waals surface area contributed by atoms with Crippen molar-refractivity contribution in [1.29, 1.82) is 0 Å². The van der Waals surface area contributed by atoms with Gasteiger partial charge in [-0.1, -0.05) is 0 Å². The molecule has 0 radical (unpaired) electrons. The minimum absolute atomic E-state index is 0.152. The number of nitrogens with one attached hydrogen (secondary N) is 1. The molecule has 3 rings (SSSR count). The molecule has 2 N–H and O–H groups in total. The average Bonchev–Trinajstić information content (AvgIpc) is 3.32. The van der Waals surface area contributed by atoms with Gasteiger partial charge in [0.2, 0.25) is 0 Å². The SMILES string of the molecule is COc1ccc(C(=O)N2CCC[C@@H]2C(=O)NO)cc1OC1CCCC1. The number of hydroxylamine groups is 1. The standard InChI is InChI=1S/C18H24N2O5/c1-24-15-9-8-12(11-16(15)25-13-5-2-3-6-13)18(22)20-10-4-7-14(20)17(21)19-23/h8-9,11,13-14,23H,2-7,10H2,1H3,(H,19,21)/t14-/m1/s1. The summed E-state index contributed by atoms with van der Waals surface area (Å²) in [5.41, 5.74) is 2.09. The molecule has 136 valence electrons. The number of amides is 2. The number of nitrogens with zero attached hydrogens (tertiary/aromatic N) is 1. The van der Waals surface area contributed by atoms with E-state index in [0.717, 1.165) is 32.1 Å². The molecule has 0 aromatic heterocycles. The number of ether oxygens (including phenoxy) is 2. The first-order valence-electron chi connectivity index (χ1n) is 8.73. The minimum Gasteiger partial charge on any atom is -0.493 e. The second-order valence-electron chi connectivity index (χ2n) is 6.52. The minimum atomic E-state index is -0.640. The fraction of sp³-hybridized carbons (Fsp3) is 0.556. The predicted octanol–water partition coefficient (Wildman–Crippen LogP) is 2.13. The van der Waals surface area contributed by atoms with Crippen LogP contribution in [0.25, 0.3) is 0 Å². The summed E-state index contributed by atoms with van der Waals surface area (Å²) < 4.78 is 11.4. The number of benzene rings is 1. The van der Waals surface area contributed by atoms with Crippen molar-refractivity contribution in [3.8, 4) is 11.5 Å². The molecule has 2 aliphatic rings. The van der Waals surface area contributed by atoms with Crippen LogP contribution >= 0.6 is 0 Å². The van der Waals surface area contributed by atoms with Crippen LogP contribution in [0.1, 0.15) is 48.9 Å². The lowest BCUT2D eigenvalue weighted by molar-refractivity contribution is -0.133. The Kier molecular flexibility index (Phi) is 5.43. The van der Waals surface area contributed by atoms with E-state index in [4.69, 9.17) is 14.7 Å². The molecule has 0 unspecified atom stereocenters. The third-order valence-electron chi connectivity index (χ3n) is 4.93. The van der Waals surface area contributed by atoms with Crippen LogP contribution in [0, 0.1) is 0 Å². The summed E-state index contributed by atoms with van der Waals surface area (Å²) in [6, 6.07) is 4.44. The van der Waals surface area contributed by atoms with Crippen molar-refractivity contribution >= 4 is 11.8 Å². The van der Waals surface area contributed by atoms with Crippen molar-refractivity contribution in [2.45, 2.75) is 50.7 Å². The molecule has 25 heavy (non-hydrogen) atoms. The van der Waals surface area contributed by atoms with Gasteiger partial charge in [-0.05, 0) is 56.7 Å². The molecular formula is C18H24N2O5. The Morgan fingerprint density at radius 3 is 2.60 bits per heavy atom. The number of carbonyl (C=O) groups excluding carboxylic acids is 2. The molecule has 1 atom stereocenters. The highest BCUT2D eigenvalue weighted by molar-refractivity contribution is 5.98. The number of methoxy groups -OCH3 is 1. The van der Waals surface area contributed by atoms with Gasteiger partial charge in [0.25, 0.3) is 11.8 Å². The van der Waals surface area contributed by atoms with E-state index in [0.29, 0.717) is 30.0 Å². The van der Waals surface area contributed by atoms with Crippen LogP contribution in [0.15, 0.2) is 18.2 Å². The Morgan fingerprint density at radius 2 is 1.92 bits per heavy atom. The lowest BCUT2D eigenvalue weighted by Crippen LogP contribution is -2.45. The van der Waals surface area contributed by atoms with E-state index in [1.807, 2.05) is 0 Å². The molecule has 7 heteroatoms. The lowest BCUT2D eigenvalue weighted by atomic mass is 10.1. The maximum atomic E-state index is 12.8. The van der Waals surface area contributed by atoms with Gasteiger partial charge in [-0.3, -0.25) is 14.8 Å². The van der Waals surface area contributed by atoms with Crippen molar-refractivity contribution in [2.24, 2.45) is 0 Å². The van der Waals surface area contributed by atoms with E-state index in [9.17, 15) is 9.59 Å². The molecule has 1 saturated carbocycles. The summed E-state index contributed by atoms with van der Waals surface area (Å²) in [7, 11) is 1.57. The van der Waals surface area contributed by atoms with E-state index in [-0.39, 0.29) is 12.0 Å². The quantitative estimate of drug-likeness (QED) is 0.629. The highest BCUT2D eigenvalue weighted by Gasteiger charge is 2.34. The highest BCUT2D eigenvalue weighted by Crippen LogP contribution is 2.33. The number of likely N-dealkylation sites (tertiary alicyclic amines) is 1. The smallest absolute Gasteiger partial charge is 0.266 e. The van der Waals surface area contributed by atoms with Crippen molar-refractivity contribution in [3.05, 3.63) is 23.8 Å². The zero-order chi connectivity index (χ0) is 17.8. The first-order valence-corrected chi connectivity index (χ1v) is 8.73. The van der Waals surface area contributed by atoms with Gasteiger partial charge < -0.3 is 14.4 Å². The Balaban J connectivity index is 1.81. The van der Waals surface area contributed by atoms with Crippen molar-refractivity contribution in [2.75, 3.05) is 13.7 Å². The van der Waals surface area contributed by atoms with Gasteiger partial charge in [-0.2, -0.15) is 0 Å². The van der Waals surface area contributed by atoms with Crippen LogP contribution in [0.2, 0.25) is 0 Å². The molecule has 1 saturated heterocycles. The van der Waals surface area contributed by atoms with Crippen LogP contribution in [-0.4, -0.2) is 47.7 Å². The van der Waals surface area contributed by atoms with E-state index < -0.39 is 11.9 Å². The van der Waals surface area contributed by atoms with E-state index in [2.05, 4.69) is 0 Å². The van der Waals surface area contributed by atoms with E-state index in [1.54, 1.807) is 30.8 Å². The number of carbonyl (C=O) groups is 2.